The molecule has 0 bridgehead atoms. The van der Waals surface area contributed by atoms with Gasteiger partial charge in [-0.25, -0.2) is 16.8 Å². The van der Waals surface area contributed by atoms with Crippen LogP contribution in [0.3, 0.4) is 0 Å². The second-order valence-electron chi connectivity index (χ2n) is 5.34. The average molecular weight is 312 g/mol. The van der Waals surface area contributed by atoms with Crippen LogP contribution in [0, 0.1) is 17.8 Å². The van der Waals surface area contributed by atoms with Crippen molar-refractivity contribution in [3.8, 4) is 0 Å². The van der Waals surface area contributed by atoms with Crippen LogP contribution in [0.4, 0.5) is 0 Å². The maximum atomic E-state index is 11.4. The lowest BCUT2D eigenvalue weighted by atomic mass is 9.80. The smallest absolute Gasteiger partial charge is 0.307 e. The van der Waals surface area contributed by atoms with Gasteiger partial charge in [0.1, 0.15) is 0 Å². The predicted molar refractivity (Wildman–Crippen MR) is 66.0 cm³/mol. The minimum atomic E-state index is -3.44. The van der Waals surface area contributed by atoms with Crippen LogP contribution in [0.5, 0.6) is 0 Å². The third kappa shape index (κ3) is 3.09. The van der Waals surface area contributed by atoms with Crippen molar-refractivity contribution in [1.29, 1.82) is 0 Å². The second-order valence-corrected chi connectivity index (χ2v) is 9.72. The van der Waals surface area contributed by atoms with Gasteiger partial charge in [0.15, 0.2) is 19.7 Å². The highest BCUT2D eigenvalue weighted by Gasteiger charge is 2.49. The van der Waals surface area contributed by atoms with E-state index in [1.54, 1.807) is 0 Å². The quantitative estimate of drug-likeness (QED) is 0.651. The second kappa shape index (κ2) is 4.71. The van der Waals surface area contributed by atoms with Gasteiger partial charge in [-0.1, -0.05) is 0 Å². The highest BCUT2D eigenvalue weighted by molar-refractivity contribution is 7.92. The molecule has 110 valence electrons. The van der Waals surface area contributed by atoms with Crippen LogP contribution in [-0.4, -0.2) is 62.1 Å². The number of carbonyl (C=O) groups is 1. The van der Waals surface area contributed by atoms with Gasteiger partial charge in [-0.15, -0.1) is 0 Å². The van der Waals surface area contributed by atoms with Crippen LogP contribution in [0.1, 0.15) is 6.42 Å². The fourth-order valence-corrected chi connectivity index (χ4v) is 6.81. The van der Waals surface area contributed by atoms with Crippen LogP contribution in [0.15, 0.2) is 0 Å². The normalized spacial score (nSPS) is 38.1. The average Bonchev–Trinajstić information content (AvgIpc) is 2.67. The molecular weight excluding hydrogens is 296 g/mol. The van der Waals surface area contributed by atoms with Crippen molar-refractivity contribution >= 4 is 25.6 Å². The molecule has 0 aromatic heterocycles. The molecule has 0 radical (unpaired) electrons. The van der Waals surface area contributed by atoms with E-state index in [-0.39, 0.29) is 23.7 Å². The molecule has 0 aromatic carbocycles. The monoisotopic (exact) mass is 312 g/mol. The van der Waals surface area contributed by atoms with Crippen molar-refractivity contribution in [1.82, 2.24) is 0 Å². The summed E-state index contributed by atoms with van der Waals surface area (Å²) in [6, 6.07) is 0. The van der Waals surface area contributed by atoms with E-state index in [1.807, 2.05) is 0 Å². The zero-order chi connectivity index (χ0) is 14.4. The minimum absolute atomic E-state index is 0.0724. The number of aliphatic carboxylic acids is 1. The SMILES string of the molecule is O=C(O)C(C1CCS(=O)(=O)C1)C1CS(=O)(=O)CC1O. The van der Waals surface area contributed by atoms with E-state index in [1.165, 1.54) is 0 Å². The van der Waals surface area contributed by atoms with E-state index >= 15 is 0 Å². The van der Waals surface area contributed by atoms with E-state index < -0.39 is 55.3 Å². The predicted octanol–water partition coefficient (Wildman–Crippen LogP) is -1.47. The topological polar surface area (TPSA) is 126 Å². The zero-order valence-corrected chi connectivity index (χ0v) is 11.7. The Morgan fingerprint density at radius 1 is 1.05 bits per heavy atom. The lowest BCUT2D eigenvalue weighted by Crippen LogP contribution is -2.37. The van der Waals surface area contributed by atoms with Crippen molar-refractivity contribution < 1.29 is 31.8 Å². The molecule has 2 saturated heterocycles. The van der Waals surface area contributed by atoms with Crippen LogP contribution >= 0.6 is 0 Å². The van der Waals surface area contributed by atoms with Gasteiger partial charge in [0.25, 0.3) is 0 Å². The van der Waals surface area contributed by atoms with Gasteiger partial charge in [0, 0.05) is 5.92 Å². The van der Waals surface area contributed by atoms with Crippen LogP contribution in [0.2, 0.25) is 0 Å². The molecule has 7 nitrogen and oxygen atoms in total. The zero-order valence-electron chi connectivity index (χ0n) is 10.1. The maximum Gasteiger partial charge on any atom is 0.307 e. The van der Waals surface area contributed by atoms with Crippen molar-refractivity contribution in [3.63, 3.8) is 0 Å². The van der Waals surface area contributed by atoms with Gasteiger partial charge in [0.05, 0.1) is 35.0 Å². The van der Waals surface area contributed by atoms with Gasteiger partial charge in [-0.3, -0.25) is 4.79 Å². The minimum Gasteiger partial charge on any atom is -0.481 e. The maximum absolute atomic E-state index is 11.4. The summed E-state index contributed by atoms with van der Waals surface area (Å²) in [5.74, 6) is -5.03. The van der Waals surface area contributed by atoms with Gasteiger partial charge in [-0.05, 0) is 12.3 Å². The Morgan fingerprint density at radius 3 is 2.05 bits per heavy atom. The summed E-state index contributed by atoms with van der Waals surface area (Å²) in [5, 5.41) is 19.0. The Labute approximate surface area is 111 Å². The number of hydrogen-bond acceptors (Lipinski definition) is 6. The lowest BCUT2D eigenvalue weighted by molar-refractivity contribution is -0.146. The molecule has 2 N–H and O–H groups in total. The van der Waals surface area contributed by atoms with E-state index in [4.69, 9.17) is 0 Å². The van der Waals surface area contributed by atoms with Crippen molar-refractivity contribution in [3.05, 3.63) is 0 Å². The van der Waals surface area contributed by atoms with E-state index in [0.717, 1.165) is 0 Å². The lowest BCUT2D eigenvalue weighted by Gasteiger charge is -2.25. The summed E-state index contributed by atoms with van der Waals surface area (Å²) in [6.07, 6.45) is -1.02. The largest absolute Gasteiger partial charge is 0.481 e. The molecule has 2 heterocycles. The molecule has 9 heteroatoms. The van der Waals surface area contributed by atoms with Crippen LogP contribution < -0.4 is 0 Å². The van der Waals surface area contributed by atoms with Gasteiger partial charge in [0.2, 0.25) is 0 Å². The molecule has 2 fully saturated rings. The van der Waals surface area contributed by atoms with Crippen molar-refractivity contribution in [2.24, 2.45) is 17.8 Å². The molecule has 2 aliphatic heterocycles. The molecule has 2 aliphatic rings. The summed E-state index contributed by atoms with van der Waals surface area (Å²) in [5.41, 5.74) is 0. The third-order valence-electron chi connectivity index (χ3n) is 3.89. The van der Waals surface area contributed by atoms with Gasteiger partial charge >= 0.3 is 5.97 Å². The first kappa shape index (κ1) is 14.7. The summed E-state index contributed by atoms with van der Waals surface area (Å²) in [6.45, 7) is 0. The number of sulfone groups is 2. The number of carboxylic acids is 1. The summed E-state index contributed by atoms with van der Waals surface area (Å²) in [4.78, 5) is 11.3. The molecule has 0 spiro atoms. The molecule has 0 aromatic rings. The molecule has 0 saturated carbocycles. The standard InChI is InChI=1S/C10H16O7S2/c11-8-5-19(16,17)4-7(8)9(10(12)13)6-1-2-18(14,15)3-6/h6-9,11H,1-5H2,(H,12,13). The van der Waals surface area contributed by atoms with Crippen LogP contribution in [-0.2, 0) is 24.5 Å². The van der Waals surface area contributed by atoms with Crippen LogP contribution in [0.25, 0.3) is 0 Å². The van der Waals surface area contributed by atoms with Gasteiger partial charge < -0.3 is 10.2 Å². The van der Waals surface area contributed by atoms with Crippen molar-refractivity contribution in [2.45, 2.75) is 12.5 Å². The third-order valence-corrected chi connectivity index (χ3v) is 7.42. The number of aliphatic hydroxyl groups is 1. The molecule has 0 aliphatic carbocycles. The Kier molecular flexibility index (Phi) is 3.65. The number of rotatable bonds is 3. The summed E-state index contributed by atoms with van der Waals surface area (Å²) >= 11 is 0. The molecular formula is C10H16O7S2. The molecule has 4 atom stereocenters. The van der Waals surface area contributed by atoms with E-state index in [0.29, 0.717) is 0 Å². The molecule has 19 heavy (non-hydrogen) atoms. The molecule has 2 rings (SSSR count). The summed E-state index contributed by atoms with van der Waals surface area (Å²) in [7, 11) is -6.69. The first-order valence-corrected chi connectivity index (χ1v) is 9.57. The molecule has 4 unspecified atom stereocenters. The number of carboxylic acid groups (broad SMARTS) is 1. The number of aliphatic hydroxyl groups excluding tert-OH is 1. The fraction of sp³-hybridized carbons (Fsp3) is 0.900. The highest BCUT2D eigenvalue weighted by atomic mass is 32.2. The Hall–Kier alpha value is -0.670. The Bertz CT molecular complexity index is 577. The van der Waals surface area contributed by atoms with Crippen molar-refractivity contribution in [2.75, 3.05) is 23.0 Å². The Balaban J connectivity index is 2.25. The Morgan fingerprint density at radius 2 is 1.68 bits per heavy atom. The van der Waals surface area contributed by atoms with E-state index in [9.17, 15) is 31.8 Å². The highest BCUT2D eigenvalue weighted by Crippen LogP contribution is 2.36. The van der Waals surface area contributed by atoms with Gasteiger partial charge in [-0.2, -0.15) is 0 Å². The fourth-order valence-electron chi connectivity index (χ4n) is 3.04. The first-order valence-electron chi connectivity index (χ1n) is 5.93. The first-order chi connectivity index (χ1) is 8.61. The molecule has 0 amide bonds. The summed E-state index contributed by atoms with van der Waals surface area (Å²) < 4.78 is 45.7. The number of hydrogen-bond donors (Lipinski definition) is 2. The van der Waals surface area contributed by atoms with E-state index in [2.05, 4.69) is 0 Å².